The van der Waals surface area contributed by atoms with E-state index < -0.39 is 6.04 Å². The third-order valence-electron chi connectivity index (χ3n) is 4.51. The highest BCUT2D eigenvalue weighted by atomic mass is 16.4. The molecule has 5 nitrogen and oxygen atoms in total. The lowest BCUT2D eigenvalue weighted by Crippen LogP contribution is -2.32. The minimum atomic E-state index is -0.538. The van der Waals surface area contributed by atoms with Crippen LogP contribution in [0.15, 0.2) is 102 Å². The minimum Gasteiger partial charge on any atom is -0.439 e. The lowest BCUT2D eigenvalue weighted by molar-refractivity contribution is -0.118. The van der Waals surface area contributed by atoms with Crippen molar-refractivity contribution in [3.05, 3.63) is 109 Å². The van der Waals surface area contributed by atoms with Crippen LogP contribution in [0.1, 0.15) is 17.5 Å². The van der Waals surface area contributed by atoms with Crippen LogP contribution < -0.4 is 10.6 Å². The van der Waals surface area contributed by atoms with E-state index in [2.05, 4.69) is 15.6 Å². The van der Waals surface area contributed by atoms with Crippen LogP contribution >= 0.6 is 0 Å². The average Bonchev–Trinajstić information content (AvgIpc) is 3.25. The van der Waals surface area contributed by atoms with E-state index in [9.17, 15) is 4.79 Å². The van der Waals surface area contributed by atoms with Gasteiger partial charge >= 0.3 is 0 Å². The third-order valence-corrected chi connectivity index (χ3v) is 4.51. The molecule has 4 rings (SSSR count). The van der Waals surface area contributed by atoms with E-state index >= 15 is 0 Å². The fourth-order valence-electron chi connectivity index (χ4n) is 3.06. The minimum absolute atomic E-state index is 0.141. The maximum absolute atomic E-state index is 12.9. The van der Waals surface area contributed by atoms with Crippen LogP contribution in [0.25, 0.3) is 11.3 Å². The van der Waals surface area contributed by atoms with Crippen LogP contribution in [0, 0.1) is 0 Å². The number of nitrogens with one attached hydrogen (secondary N) is 2. The number of benzene rings is 3. The maximum atomic E-state index is 12.9. The number of hydrogen-bond donors (Lipinski definition) is 2. The van der Waals surface area contributed by atoms with Crippen molar-refractivity contribution in [2.75, 3.05) is 5.32 Å². The van der Waals surface area contributed by atoms with Gasteiger partial charge in [0.25, 0.3) is 0 Å². The molecular weight excluding hydrogens is 362 g/mol. The number of hydrogen-bond acceptors (Lipinski definition) is 4. The van der Waals surface area contributed by atoms with Gasteiger partial charge in [0.2, 0.25) is 11.8 Å². The van der Waals surface area contributed by atoms with Gasteiger partial charge in [0.1, 0.15) is 6.04 Å². The van der Waals surface area contributed by atoms with Gasteiger partial charge in [0, 0.05) is 11.3 Å². The summed E-state index contributed by atoms with van der Waals surface area (Å²) in [6, 6.07) is 28.3. The Bertz CT molecular complexity index is 1050. The molecule has 2 N–H and O–H groups in total. The summed E-state index contributed by atoms with van der Waals surface area (Å²) in [5, 5.41) is 6.22. The van der Waals surface area contributed by atoms with Crippen molar-refractivity contribution in [1.29, 1.82) is 0 Å². The molecule has 0 aliphatic rings. The lowest BCUT2D eigenvalue weighted by atomic mass is 10.1. The van der Waals surface area contributed by atoms with Gasteiger partial charge in [-0.25, -0.2) is 4.98 Å². The molecule has 1 amide bonds. The molecule has 29 heavy (non-hydrogen) atoms. The van der Waals surface area contributed by atoms with Gasteiger partial charge in [0.15, 0.2) is 5.76 Å². The molecule has 1 aromatic heterocycles. The molecule has 0 fully saturated rings. The van der Waals surface area contributed by atoms with Crippen molar-refractivity contribution in [3.63, 3.8) is 0 Å². The molecule has 1 heterocycles. The first-order valence-corrected chi connectivity index (χ1v) is 9.44. The number of carbonyl (C=O) groups is 1. The second kappa shape index (κ2) is 8.99. The molecule has 0 aliphatic heterocycles. The van der Waals surface area contributed by atoms with Gasteiger partial charge in [-0.05, 0) is 17.7 Å². The Morgan fingerprint density at radius 2 is 1.48 bits per heavy atom. The Kier molecular flexibility index (Phi) is 5.78. The highest BCUT2D eigenvalue weighted by Gasteiger charge is 2.21. The normalized spacial score (nSPS) is 11.7. The summed E-state index contributed by atoms with van der Waals surface area (Å²) in [6.45, 7) is 0.328. The van der Waals surface area contributed by atoms with Crippen LogP contribution in [-0.2, 0) is 11.3 Å². The van der Waals surface area contributed by atoms with Gasteiger partial charge in [0.05, 0.1) is 12.7 Å². The summed E-state index contributed by atoms with van der Waals surface area (Å²) >= 11 is 0. The monoisotopic (exact) mass is 383 g/mol. The van der Waals surface area contributed by atoms with E-state index in [1.54, 1.807) is 6.20 Å². The lowest BCUT2D eigenvalue weighted by Gasteiger charge is -2.18. The fraction of sp³-hybridized carbons (Fsp3) is 0.0833. The van der Waals surface area contributed by atoms with Crippen LogP contribution in [-0.4, -0.2) is 10.9 Å². The first kappa shape index (κ1) is 18.7. The zero-order valence-corrected chi connectivity index (χ0v) is 15.8. The molecule has 0 bridgehead atoms. The number of anilines is 1. The predicted octanol–water partition coefficient (Wildman–Crippen LogP) is 4.81. The third kappa shape index (κ3) is 4.78. The summed E-state index contributed by atoms with van der Waals surface area (Å²) in [5.41, 5.74) is 2.59. The number of amides is 1. The predicted molar refractivity (Wildman–Crippen MR) is 113 cm³/mol. The van der Waals surface area contributed by atoms with Gasteiger partial charge < -0.3 is 9.73 Å². The maximum Gasteiger partial charge on any atom is 0.246 e. The summed E-state index contributed by atoms with van der Waals surface area (Å²) in [4.78, 5) is 17.3. The highest BCUT2D eigenvalue weighted by molar-refractivity contribution is 5.95. The van der Waals surface area contributed by atoms with Crippen molar-refractivity contribution < 1.29 is 9.21 Å². The molecule has 0 radical (unpaired) electrons. The second-order valence-electron chi connectivity index (χ2n) is 6.56. The number of carbonyl (C=O) groups excluding carboxylic acids is 1. The number of oxazole rings is 1. The fourth-order valence-corrected chi connectivity index (χ4v) is 3.06. The molecule has 144 valence electrons. The van der Waals surface area contributed by atoms with E-state index in [-0.39, 0.29) is 5.91 Å². The molecule has 0 spiro atoms. The molecule has 1 unspecified atom stereocenters. The number of para-hydroxylation sites is 1. The Morgan fingerprint density at radius 3 is 2.17 bits per heavy atom. The average molecular weight is 383 g/mol. The second-order valence-corrected chi connectivity index (χ2v) is 6.56. The van der Waals surface area contributed by atoms with E-state index in [0.29, 0.717) is 18.2 Å². The molecule has 0 saturated carbocycles. The molecule has 5 heteroatoms. The molecule has 0 saturated heterocycles. The van der Waals surface area contributed by atoms with E-state index in [4.69, 9.17) is 4.42 Å². The van der Waals surface area contributed by atoms with Crippen LogP contribution in [0.3, 0.4) is 0 Å². The molecule has 3 aromatic carbocycles. The highest BCUT2D eigenvalue weighted by Crippen LogP contribution is 2.21. The summed E-state index contributed by atoms with van der Waals surface area (Å²) in [6.07, 6.45) is 1.70. The van der Waals surface area contributed by atoms with E-state index in [0.717, 1.165) is 16.8 Å². The summed E-state index contributed by atoms with van der Waals surface area (Å²) < 4.78 is 5.85. The largest absolute Gasteiger partial charge is 0.439 e. The quantitative estimate of drug-likeness (QED) is 0.481. The molecule has 4 aromatic rings. The smallest absolute Gasteiger partial charge is 0.246 e. The van der Waals surface area contributed by atoms with Crippen LogP contribution in [0.2, 0.25) is 0 Å². The number of aromatic nitrogens is 1. The summed E-state index contributed by atoms with van der Waals surface area (Å²) in [5.74, 6) is 1.09. The Labute approximate surface area is 169 Å². The van der Waals surface area contributed by atoms with Crippen molar-refractivity contribution in [2.24, 2.45) is 0 Å². The SMILES string of the molecule is O=C(Nc1ccccc1)C(NCc1ncc(-c2ccccc2)o1)c1ccccc1. The molecule has 1 atom stereocenters. The number of nitrogens with zero attached hydrogens (tertiary/aromatic N) is 1. The van der Waals surface area contributed by atoms with Gasteiger partial charge in [-0.15, -0.1) is 0 Å². The van der Waals surface area contributed by atoms with E-state index in [1.807, 2.05) is 91.0 Å². The Hall–Kier alpha value is -3.70. The van der Waals surface area contributed by atoms with Gasteiger partial charge in [-0.3, -0.25) is 10.1 Å². The first-order chi connectivity index (χ1) is 14.3. The Morgan fingerprint density at radius 1 is 0.862 bits per heavy atom. The number of rotatable bonds is 7. The standard InChI is InChI=1S/C24H21N3O2/c28-24(27-20-14-8-3-9-15-20)23(19-12-6-2-7-13-19)26-17-22-25-16-21(29-22)18-10-4-1-5-11-18/h1-16,23,26H,17H2,(H,27,28). The van der Waals surface area contributed by atoms with E-state index in [1.165, 1.54) is 0 Å². The van der Waals surface area contributed by atoms with Gasteiger partial charge in [-0.1, -0.05) is 78.9 Å². The summed E-state index contributed by atoms with van der Waals surface area (Å²) in [7, 11) is 0. The topological polar surface area (TPSA) is 67.2 Å². The van der Waals surface area contributed by atoms with Crippen molar-refractivity contribution in [3.8, 4) is 11.3 Å². The first-order valence-electron chi connectivity index (χ1n) is 9.44. The zero-order chi connectivity index (χ0) is 19.9. The molecule has 0 aliphatic carbocycles. The van der Waals surface area contributed by atoms with Crippen LogP contribution in [0.4, 0.5) is 5.69 Å². The van der Waals surface area contributed by atoms with Crippen molar-refractivity contribution in [1.82, 2.24) is 10.3 Å². The van der Waals surface area contributed by atoms with Crippen molar-refractivity contribution in [2.45, 2.75) is 12.6 Å². The molecular formula is C24H21N3O2. The zero-order valence-electron chi connectivity index (χ0n) is 15.8. The van der Waals surface area contributed by atoms with Crippen molar-refractivity contribution >= 4 is 11.6 Å². The Balaban J connectivity index is 1.49. The van der Waals surface area contributed by atoms with Crippen LogP contribution in [0.5, 0.6) is 0 Å². The van der Waals surface area contributed by atoms with Gasteiger partial charge in [-0.2, -0.15) is 0 Å².